The lowest BCUT2D eigenvalue weighted by molar-refractivity contribution is -0.119. The molecule has 3 atom stereocenters. The summed E-state index contributed by atoms with van der Waals surface area (Å²) in [5.41, 5.74) is 4.54. The Kier molecular flexibility index (Phi) is 3.13. The number of thiol groups is 1. The van der Waals surface area contributed by atoms with Gasteiger partial charge in [0.15, 0.2) is 5.78 Å². The number of carbonyl (C=O) groups excluding carboxylic acids is 1. The maximum atomic E-state index is 12.3. The molecule has 0 radical (unpaired) electrons. The largest absolute Gasteiger partial charge is 0.361 e. The second kappa shape index (κ2) is 5.08. The monoisotopic (exact) mass is 351 g/mol. The van der Waals surface area contributed by atoms with Gasteiger partial charge in [0.1, 0.15) is 11.0 Å². The number of benzene rings is 1. The molecule has 0 bridgehead atoms. The van der Waals surface area contributed by atoms with Crippen LogP contribution in [0, 0.1) is 0 Å². The molecular formula is C20H21N3OS. The minimum Gasteiger partial charge on any atom is -0.361 e. The second-order valence-electron chi connectivity index (χ2n) is 7.45. The van der Waals surface area contributed by atoms with Crippen LogP contribution in [0.25, 0.3) is 10.9 Å². The van der Waals surface area contributed by atoms with E-state index in [0.29, 0.717) is 6.42 Å². The van der Waals surface area contributed by atoms with Gasteiger partial charge in [-0.2, -0.15) is 0 Å². The van der Waals surface area contributed by atoms with Gasteiger partial charge in [-0.25, -0.2) is 0 Å². The number of fused-ring (bicyclic) bond motifs is 4. The van der Waals surface area contributed by atoms with Crippen LogP contribution in [0.2, 0.25) is 0 Å². The van der Waals surface area contributed by atoms with Crippen LogP contribution < -0.4 is 5.32 Å². The molecule has 25 heavy (non-hydrogen) atoms. The van der Waals surface area contributed by atoms with E-state index >= 15 is 0 Å². The lowest BCUT2D eigenvalue weighted by Crippen LogP contribution is -2.43. The molecule has 3 unspecified atom stereocenters. The van der Waals surface area contributed by atoms with Gasteiger partial charge in [0.05, 0.1) is 5.41 Å². The summed E-state index contributed by atoms with van der Waals surface area (Å²) in [5, 5.41) is 4.66. The predicted octanol–water partition coefficient (Wildman–Crippen LogP) is 3.51. The molecule has 1 aliphatic carbocycles. The number of allylic oxidation sites excluding steroid dienone is 1. The number of nitrogens with zero attached hydrogens (tertiary/aromatic N) is 1. The molecule has 3 heterocycles. The normalized spacial score (nSPS) is 33.8. The molecule has 2 N–H and O–H groups in total. The number of H-pyrrole nitrogens is 1. The second-order valence-corrected chi connectivity index (χ2v) is 8.21. The number of nitrogens with one attached hydrogen (secondary N) is 2. The van der Waals surface area contributed by atoms with Crippen LogP contribution in [0.3, 0.4) is 0 Å². The predicted molar refractivity (Wildman–Crippen MR) is 103 cm³/mol. The summed E-state index contributed by atoms with van der Waals surface area (Å²) in [5.74, 6) is 0.0533. The van der Waals surface area contributed by atoms with E-state index in [0.717, 1.165) is 24.8 Å². The number of para-hydroxylation sites is 1. The van der Waals surface area contributed by atoms with Crippen molar-refractivity contribution in [3.8, 4) is 0 Å². The van der Waals surface area contributed by atoms with E-state index in [2.05, 4.69) is 40.8 Å². The standard InChI is InChI=1S/C20H21N3OS/c1-12(24)20(25)11-19(15-10-21-16-8-4-2-6-13(15)16)14-7-3-5-9-17(14)22-18(19)23-20/h2,4,6-8,10,18,21,23,25H,3,5,9,11H2,1H3. The molecule has 5 rings (SSSR count). The Morgan fingerprint density at radius 1 is 1.36 bits per heavy atom. The molecule has 1 aromatic carbocycles. The van der Waals surface area contributed by atoms with Gasteiger partial charge in [-0.05, 0) is 49.8 Å². The van der Waals surface area contributed by atoms with E-state index in [-0.39, 0.29) is 17.4 Å². The molecule has 2 aromatic rings. The minimum atomic E-state index is -0.837. The Balaban J connectivity index is 1.77. The van der Waals surface area contributed by atoms with Crippen LogP contribution in [-0.4, -0.2) is 27.5 Å². The topological polar surface area (TPSA) is 57.2 Å². The van der Waals surface area contributed by atoms with Gasteiger partial charge in [-0.3, -0.25) is 15.1 Å². The fourth-order valence-electron chi connectivity index (χ4n) is 4.84. The number of aromatic nitrogens is 1. The zero-order chi connectivity index (χ0) is 17.2. The van der Waals surface area contributed by atoms with Crippen LogP contribution in [0.15, 0.2) is 47.1 Å². The van der Waals surface area contributed by atoms with Crippen LogP contribution in [-0.2, 0) is 10.2 Å². The molecule has 5 heteroatoms. The molecule has 128 valence electrons. The van der Waals surface area contributed by atoms with E-state index in [1.54, 1.807) is 6.92 Å². The lowest BCUT2D eigenvalue weighted by Gasteiger charge is -2.32. The summed E-state index contributed by atoms with van der Waals surface area (Å²) < 4.78 is 0. The van der Waals surface area contributed by atoms with Crippen molar-refractivity contribution in [1.29, 1.82) is 0 Å². The van der Waals surface area contributed by atoms with E-state index in [1.807, 2.05) is 6.07 Å². The summed E-state index contributed by atoms with van der Waals surface area (Å²) in [4.78, 5) is 19.9. The fraction of sp³-hybridized carbons (Fsp3) is 0.400. The summed E-state index contributed by atoms with van der Waals surface area (Å²) >= 11 is 4.75. The molecule has 1 saturated heterocycles. The average Bonchev–Trinajstić information content (AvgIpc) is 3.23. The van der Waals surface area contributed by atoms with Crippen molar-refractivity contribution in [3.63, 3.8) is 0 Å². The number of rotatable bonds is 2. The lowest BCUT2D eigenvalue weighted by atomic mass is 9.68. The smallest absolute Gasteiger partial charge is 0.159 e. The third-order valence-corrected chi connectivity index (χ3v) is 6.67. The van der Waals surface area contributed by atoms with Gasteiger partial charge >= 0.3 is 0 Å². The van der Waals surface area contributed by atoms with Gasteiger partial charge in [0, 0.05) is 22.8 Å². The summed E-state index contributed by atoms with van der Waals surface area (Å²) in [7, 11) is 0. The zero-order valence-electron chi connectivity index (χ0n) is 14.2. The van der Waals surface area contributed by atoms with Crippen molar-refractivity contribution >= 4 is 35.0 Å². The Morgan fingerprint density at radius 3 is 3.04 bits per heavy atom. The van der Waals surface area contributed by atoms with Crippen LogP contribution in [0.5, 0.6) is 0 Å². The Morgan fingerprint density at radius 2 is 2.20 bits per heavy atom. The number of aromatic amines is 1. The highest BCUT2D eigenvalue weighted by Gasteiger charge is 2.61. The van der Waals surface area contributed by atoms with Gasteiger partial charge < -0.3 is 4.98 Å². The zero-order valence-corrected chi connectivity index (χ0v) is 15.1. The number of ketones is 1. The van der Waals surface area contributed by atoms with Gasteiger partial charge in [-0.1, -0.05) is 24.3 Å². The van der Waals surface area contributed by atoms with E-state index in [1.165, 1.54) is 22.2 Å². The van der Waals surface area contributed by atoms with Crippen molar-refractivity contribution in [3.05, 3.63) is 47.7 Å². The maximum absolute atomic E-state index is 12.3. The van der Waals surface area contributed by atoms with E-state index in [9.17, 15) is 4.79 Å². The number of Topliss-reactive ketones (excluding diaryl/α,β-unsaturated/α-hetero) is 1. The number of aliphatic imine (C=N–C) groups is 1. The van der Waals surface area contributed by atoms with Gasteiger partial charge in [-0.15, -0.1) is 12.6 Å². The summed E-state index contributed by atoms with van der Waals surface area (Å²) in [6, 6.07) is 8.36. The third-order valence-electron chi connectivity index (χ3n) is 6.07. The van der Waals surface area contributed by atoms with E-state index in [4.69, 9.17) is 17.6 Å². The molecule has 0 saturated carbocycles. The first-order valence-corrected chi connectivity index (χ1v) is 9.35. The number of hydrogen-bond acceptors (Lipinski definition) is 4. The average molecular weight is 351 g/mol. The quantitative estimate of drug-likeness (QED) is 0.725. The third kappa shape index (κ3) is 1.94. The van der Waals surface area contributed by atoms with Crippen molar-refractivity contribution in [2.45, 2.75) is 49.1 Å². The molecule has 1 aromatic heterocycles. The summed E-state index contributed by atoms with van der Waals surface area (Å²) in [6.45, 7) is 1.61. The molecule has 0 spiro atoms. The SMILES string of the molecule is CC(=O)C1(S)CC2(c3c[nH]c4ccccc34)C3=CCCCC3=NC2N1. The van der Waals surface area contributed by atoms with E-state index < -0.39 is 4.87 Å². The van der Waals surface area contributed by atoms with Crippen molar-refractivity contribution in [2.24, 2.45) is 4.99 Å². The number of hydrogen-bond donors (Lipinski definition) is 3. The van der Waals surface area contributed by atoms with Crippen LogP contribution in [0.1, 0.15) is 38.2 Å². The first-order chi connectivity index (χ1) is 12.0. The Hall–Kier alpha value is -1.85. The number of carbonyl (C=O) groups is 1. The maximum Gasteiger partial charge on any atom is 0.159 e. The highest BCUT2D eigenvalue weighted by molar-refractivity contribution is 7.82. The highest BCUT2D eigenvalue weighted by Crippen LogP contribution is 2.55. The minimum absolute atomic E-state index is 0.0533. The highest BCUT2D eigenvalue weighted by atomic mass is 32.1. The molecule has 2 aliphatic heterocycles. The van der Waals surface area contributed by atoms with Gasteiger partial charge in [0.25, 0.3) is 0 Å². The molecule has 4 nitrogen and oxygen atoms in total. The van der Waals surface area contributed by atoms with Gasteiger partial charge in [0.2, 0.25) is 0 Å². The molecule has 1 fully saturated rings. The molecule has 3 aliphatic rings. The fourth-order valence-corrected chi connectivity index (χ4v) is 5.21. The van der Waals surface area contributed by atoms with Crippen molar-refractivity contribution in [2.75, 3.05) is 0 Å². The first kappa shape index (κ1) is 15.4. The van der Waals surface area contributed by atoms with Crippen LogP contribution >= 0.6 is 12.6 Å². The van der Waals surface area contributed by atoms with Crippen molar-refractivity contribution < 1.29 is 4.79 Å². The first-order valence-electron chi connectivity index (χ1n) is 8.90. The van der Waals surface area contributed by atoms with Crippen molar-refractivity contribution in [1.82, 2.24) is 10.3 Å². The van der Waals surface area contributed by atoms with Crippen LogP contribution in [0.4, 0.5) is 0 Å². The molecule has 0 amide bonds. The molecular weight excluding hydrogens is 330 g/mol. The Labute approximate surface area is 152 Å². The Bertz CT molecular complexity index is 959. The summed E-state index contributed by atoms with van der Waals surface area (Å²) in [6.07, 6.45) is 8.19.